The van der Waals surface area contributed by atoms with E-state index in [1.807, 2.05) is 4.31 Å². The van der Waals surface area contributed by atoms with E-state index in [1.54, 1.807) is 0 Å². The lowest BCUT2D eigenvalue weighted by atomic mass is 9.89. The highest BCUT2D eigenvalue weighted by atomic mass is 79.9. The van der Waals surface area contributed by atoms with Gasteiger partial charge in [-0.2, -0.15) is 4.31 Å². The molecular weight excluding hydrogens is 458 g/mol. The molecule has 1 heterocycles. The molecule has 2 atom stereocenters. The Morgan fingerprint density at radius 3 is 2.03 bits per heavy atom. The molecule has 0 N–H and O–H groups in total. The lowest BCUT2D eigenvalue weighted by Crippen LogP contribution is -2.41. The molecule has 1 aliphatic heterocycles. The summed E-state index contributed by atoms with van der Waals surface area (Å²) in [5.41, 5.74) is 3.19. The highest BCUT2D eigenvalue weighted by Crippen LogP contribution is 2.40. The fraction of sp³-hybridized carbons (Fsp3) is 0.760. The maximum atomic E-state index is 14.1. The Labute approximate surface area is 194 Å². The predicted molar refractivity (Wildman–Crippen MR) is 132 cm³/mol. The van der Waals surface area contributed by atoms with Crippen LogP contribution in [0.2, 0.25) is 0 Å². The van der Waals surface area contributed by atoms with E-state index in [0.717, 1.165) is 36.8 Å². The summed E-state index contributed by atoms with van der Waals surface area (Å²) in [5, 5.41) is 0. The summed E-state index contributed by atoms with van der Waals surface area (Å²) < 4.78 is 30.1. The van der Waals surface area contributed by atoms with E-state index in [0.29, 0.717) is 17.4 Å². The first kappa shape index (κ1) is 25.9. The van der Waals surface area contributed by atoms with Crippen molar-refractivity contribution in [3.8, 4) is 0 Å². The van der Waals surface area contributed by atoms with Crippen LogP contribution in [0.3, 0.4) is 0 Å². The predicted octanol–water partition coefficient (Wildman–Crippen LogP) is 7.55. The first-order chi connectivity index (χ1) is 14.0. The highest BCUT2D eigenvalue weighted by molar-refractivity contribution is 9.09. The van der Waals surface area contributed by atoms with Gasteiger partial charge in [-0.3, -0.25) is 0 Å². The van der Waals surface area contributed by atoms with Gasteiger partial charge in [-0.1, -0.05) is 95.8 Å². The summed E-state index contributed by atoms with van der Waals surface area (Å²) in [6.07, 6.45) is 6.45. The minimum atomic E-state index is -3.55. The van der Waals surface area contributed by atoms with Crippen LogP contribution in [-0.2, 0) is 10.0 Å². The minimum Gasteiger partial charge on any atom is -0.207 e. The fourth-order valence-electron chi connectivity index (χ4n) is 4.51. The standard InChI is InChI=1S/C25H42BrNO2S/c1-8-9-10-12-23(26)24-13-11-14-27(24)30(28,29)25-21(18(4)5)15-20(17(2)3)16-22(25)19(6)7/h15-19,23-24H,8-14H2,1-7H3/t23-,24?/m0/s1. The maximum Gasteiger partial charge on any atom is 0.243 e. The normalized spacial score (nSPS) is 19.4. The fourth-order valence-corrected chi connectivity index (χ4v) is 7.94. The van der Waals surface area contributed by atoms with E-state index < -0.39 is 10.0 Å². The van der Waals surface area contributed by atoms with Crippen molar-refractivity contribution in [1.82, 2.24) is 4.31 Å². The van der Waals surface area contributed by atoms with Crippen molar-refractivity contribution in [2.45, 2.75) is 121 Å². The Morgan fingerprint density at radius 1 is 1.00 bits per heavy atom. The minimum absolute atomic E-state index is 0.0525. The zero-order valence-electron chi connectivity index (χ0n) is 20.0. The van der Waals surface area contributed by atoms with Gasteiger partial charge < -0.3 is 0 Å². The number of hydrogen-bond donors (Lipinski definition) is 0. The van der Waals surface area contributed by atoms with Crippen molar-refractivity contribution in [1.29, 1.82) is 0 Å². The molecule has 0 bridgehead atoms. The van der Waals surface area contributed by atoms with Crippen LogP contribution in [0.1, 0.15) is 121 Å². The third kappa shape index (κ3) is 5.69. The van der Waals surface area contributed by atoms with Gasteiger partial charge in [-0.25, -0.2) is 8.42 Å². The number of sulfonamides is 1. The molecule has 3 nitrogen and oxygen atoms in total. The Balaban J connectivity index is 2.54. The Kier molecular flexibility index (Phi) is 9.45. The van der Waals surface area contributed by atoms with E-state index in [9.17, 15) is 8.42 Å². The van der Waals surface area contributed by atoms with Crippen molar-refractivity contribution < 1.29 is 8.42 Å². The van der Waals surface area contributed by atoms with E-state index >= 15 is 0 Å². The molecule has 1 unspecified atom stereocenters. The van der Waals surface area contributed by atoms with Crippen LogP contribution < -0.4 is 0 Å². The second-order valence-corrected chi connectivity index (χ2v) is 12.8. The monoisotopic (exact) mass is 499 g/mol. The van der Waals surface area contributed by atoms with Crippen LogP contribution in [0.15, 0.2) is 17.0 Å². The molecule has 5 heteroatoms. The summed E-state index contributed by atoms with van der Waals surface area (Å²) in [6, 6.07) is 4.34. The zero-order valence-corrected chi connectivity index (χ0v) is 22.4. The third-order valence-corrected chi connectivity index (χ3v) is 9.52. The number of alkyl halides is 1. The number of unbranched alkanes of at least 4 members (excludes halogenated alkanes) is 2. The van der Waals surface area contributed by atoms with E-state index in [2.05, 4.69) is 76.5 Å². The van der Waals surface area contributed by atoms with Crippen LogP contribution in [-0.4, -0.2) is 30.1 Å². The molecule has 0 radical (unpaired) electrons. The van der Waals surface area contributed by atoms with Crippen molar-refractivity contribution in [2.75, 3.05) is 6.54 Å². The number of benzene rings is 1. The summed E-state index contributed by atoms with van der Waals surface area (Å²) in [4.78, 5) is 0.804. The molecule has 1 aliphatic rings. The molecule has 0 amide bonds. The molecule has 172 valence electrons. The number of nitrogens with zero attached hydrogens (tertiary/aromatic N) is 1. The summed E-state index contributed by atoms with van der Waals surface area (Å²) in [5.74, 6) is 0.703. The molecule has 1 saturated heterocycles. The topological polar surface area (TPSA) is 37.4 Å². The maximum absolute atomic E-state index is 14.1. The quantitative estimate of drug-likeness (QED) is 0.246. The zero-order chi connectivity index (χ0) is 22.6. The molecule has 30 heavy (non-hydrogen) atoms. The molecule has 0 spiro atoms. The largest absolute Gasteiger partial charge is 0.243 e. The van der Waals surface area contributed by atoms with E-state index in [4.69, 9.17) is 0 Å². The molecule has 2 rings (SSSR count). The van der Waals surface area contributed by atoms with Gasteiger partial charge in [0.1, 0.15) is 0 Å². The van der Waals surface area contributed by atoms with Crippen molar-refractivity contribution in [3.05, 3.63) is 28.8 Å². The molecule has 1 aromatic rings. The molecule has 0 aromatic heterocycles. The number of hydrogen-bond acceptors (Lipinski definition) is 2. The first-order valence-corrected chi connectivity index (χ1v) is 14.2. The van der Waals surface area contributed by atoms with Crippen LogP contribution in [0.4, 0.5) is 0 Å². The summed E-state index contributed by atoms with van der Waals surface area (Å²) in [7, 11) is -3.55. The average Bonchev–Trinajstić information content (AvgIpc) is 3.17. The van der Waals surface area contributed by atoms with E-state index in [-0.39, 0.29) is 22.7 Å². The third-order valence-electron chi connectivity index (χ3n) is 6.40. The molecule has 0 saturated carbocycles. The average molecular weight is 501 g/mol. The van der Waals surface area contributed by atoms with Crippen LogP contribution in [0.5, 0.6) is 0 Å². The Hall–Kier alpha value is -0.390. The lowest BCUT2D eigenvalue weighted by molar-refractivity contribution is 0.369. The second-order valence-electron chi connectivity index (χ2n) is 9.83. The van der Waals surface area contributed by atoms with Gasteiger partial charge in [0, 0.05) is 17.4 Å². The number of rotatable bonds is 10. The first-order valence-electron chi connectivity index (χ1n) is 11.9. The van der Waals surface area contributed by atoms with Crippen molar-refractivity contribution in [3.63, 3.8) is 0 Å². The number of halogens is 1. The van der Waals surface area contributed by atoms with Gasteiger partial charge in [0.15, 0.2) is 0 Å². The molecule has 1 fully saturated rings. The van der Waals surface area contributed by atoms with Crippen molar-refractivity contribution in [2.24, 2.45) is 0 Å². The van der Waals surface area contributed by atoms with Gasteiger partial charge in [0.05, 0.1) is 4.90 Å². The highest BCUT2D eigenvalue weighted by Gasteiger charge is 2.41. The van der Waals surface area contributed by atoms with Crippen LogP contribution >= 0.6 is 15.9 Å². The smallest absolute Gasteiger partial charge is 0.207 e. The van der Waals surface area contributed by atoms with Gasteiger partial charge in [-0.05, 0) is 53.7 Å². The Morgan fingerprint density at radius 2 is 1.57 bits per heavy atom. The summed E-state index contributed by atoms with van der Waals surface area (Å²) in [6.45, 7) is 15.6. The van der Waals surface area contributed by atoms with Gasteiger partial charge in [0.25, 0.3) is 0 Å². The lowest BCUT2D eigenvalue weighted by Gasteiger charge is -2.31. The van der Waals surface area contributed by atoms with Crippen LogP contribution in [0.25, 0.3) is 0 Å². The van der Waals surface area contributed by atoms with Gasteiger partial charge in [0.2, 0.25) is 10.0 Å². The van der Waals surface area contributed by atoms with Crippen LogP contribution in [0, 0.1) is 0 Å². The molecule has 1 aromatic carbocycles. The van der Waals surface area contributed by atoms with E-state index in [1.165, 1.54) is 18.4 Å². The Bertz CT molecular complexity index is 772. The summed E-state index contributed by atoms with van der Waals surface area (Å²) >= 11 is 3.86. The second kappa shape index (κ2) is 11.0. The SMILES string of the molecule is CCCCC[C@H](Br)C1CCCN1S(=O)(=O)c1c(C(C)C)cc(C(C)C)cc1C(C)C. The van der Waals surface area contributed by atoms with Crippen molar-refractivity contribution >= 4 is 26.0 Å². The van der Waals surface area contributed by atoms with Gasteiger partial charge in [-0.15, -0.1) is 0 Å². The molecule has 0 aliphatic carbocycles. The molecular formula is C25H42BrNO2S. The van der Waals surface area contributed by atoms with Gasteiger partial charge >= 0.3 is 0 Å².